The predicted octanol–water partition coefficient (Wildman–Crippen LogP) is 0.521. The van der Waals surface area contributed by atoms with E-state index in [1.54, 1.807) is 24.3 Å². The zero-order valence-corrected chi connectivity index (χ0v) is 12.0. The molecule has 2 N–H and O–H groups in total. The number of morpholine rings is 1. The SMILES string of the molecule is CC(=O)c1ccccc1NC(=O)CN1CCOCC1CO. The number of anilines is 1. The maximum absolute atomic E-state index is 12.1. The molecule has 1 heterocycles. The smallest absolute Gasteiger partial charge is 0.238 e. The lowest BCUT2D eigenvalue weighted by molar-refractivity contribution is -0.120. The van der Waals surface area contributed by atoms with Gasteiger partial charge in [0, 0.05) is 12.1 Å². The zero-order valence-electron chi connectivity index (χ0n) is 12.0. The molecule has 21 heavy (non-hydrogen) atoms. The number of benzene rings is 1. The summed E-state index contributed by atoms with van der Waals surface area (Å²) in [5, 5.41) is 12.0. The number of aliphatic hydroxyl groups is 1. The van der Waals surface area contributed by atoms with Crippen molar-refractivity contribution >= 4 is 17.4 Å². The van der Waals surface area contributed by atoms with Gasteiger partial charge in [-0.25, -0.2) is 0 Å². The normalized spacial score (nSPS) is 19.2. The molecule has 1 aromatic carbocycles. The number of hydrogen-bond donors (Lipinski definition) is 2. The summed E-state index contributed by atoms with van der Waals surface area (Å²) in [6.07, 6.45) is 0. The highest BCUT2D eigenvalue weighted by Crippen LogP contribution is 2.16. The van der Waals surface area contributed by atoms with Gasteiger partial charge >= 0.3 is 0 Å². The number of amides is 1. The number of nitrogens with zero attached hydrogens (tertiary/aromatic N) is 1. The van der Waals surface area contributed by atoms with E-state index in [2.05, 4.69) is 5.32 Å². The molecule has 1 aliphatic rings. The first kappa shape index (κ1) is 15.6. The predicted molar refractivity (Wildman–Crippen MR) is 78.3 cm³/mol. The fraction of sp³-hybridized carbons (Fsp3) is 0.467. The van der Waals surface area contributed by atoms with Gasteiger partial charge in [0.15, 0.2) is 5.78 Å². The van der Waals surface area contributed by atoms with Gasteiger partial charge < -0.3 is 15.2 Å². The minimum Gasteiger partial charge on any atom is -0.395 e. The van der Waals surface area contributed by atoms with Crippen LogP contribution in [-0.4, -0.2) is 60.6 Å². The number of carbonyl (C=O) groups excluding carboxylic acids is 2. The molecule has 0 spiro atoms. The highest BCUT2D eigenvalue weighted by atomic mass is 16.5. The van der Waals surface area contributed by atoms with Crippen LogP contribution in [-0.2, 0) is 9.53 Å². The first-order valence-corrected chi connectivity index (χ1v) is 6.94. The van der Waals surface area contributed by atoms with Gasteiger partial charge in [0.25, 0.3) is 0 Å². The number of Topliss-reactive ketones (excluding diaryl/α,β-unsaturated/α-hetero) is 1. The Balaban J connectivity index is 2.00. The maximum Gasteiger partial charge on any atom is 0.238 e. The average molecular weight is 292 g/mol. The van der Waals surface area contributed by atoms with Crippen LogP contribution in [0.3, 0.4) is 0 Å². The fourth-order valence-electron chi connectivity index (χ4n) is 2.34. The zero-order chi connectivity index (χ0) is 15.2. The lowest BCUT2D eigenvalue weighted by Gasteiger charge is -2.33. The van der Waals surface area contributed by atoms with Crippen LogP contribution < -0.4 is 5.32 Å². The van der Waals surface area contributed by atoms with Crippen molar-refractivity contribution in [1.82, 2.24) is 4.90 Å². The van der Waals surface area contributed by atoms with E-state index in [-0.39, 0.29) is 30.9 Å². The van der Waals surface area contributed by atoms with Crippen LogP contribution in [0.25, 0.3) is 0 Å². The summed E-state index contributed by atoms with van der Waals surface area (Å²) in [5.74, 6) is -0.297. The molecule has 1 amide bonds. The van der Waals surface area contributed by atoms with Gasteiger partial charge in [0.05, 0.1) is 38.1 Å². The van der Waals surface area contributed by atoms with Gasteiger partial charge in [0.2, 0.25) is 5.91 Å². The molecule has 1 fully saturated rings. The Bertz CT molecular complexity index is 518. The number of ether oxygens (including phenoxy) is 1. The van der Waals surface area contributed by atoms with E-state index in [9.17, 15) is 14.7 Å². The molecule has 114 valence electrons. The molecular weight excluding hydrogens is 272 g/mol. The minimum absolute atomic E-state index is 0.0443. The van der Waals surface area contributed by atoms with Crippen LogP contribution in [0, 0.1) is 0 Å². The van der Waals surface area contributed by atoms with Crippen molar-refractivity contribution in [2.75, 3.05) is 38.2 Å². The Kier molecular flexibility index (Phi) is 5.44. The van der Waals surface area contributed by atoms with Crippen LogP contribution in [0.15, 0.2) is 24.3 Å². The van der Waals surface area contributed by atoms with E-state index in [0.29, 0.717) is 31.0 Å². The Labute approximate surface area is 123 Å². The van der Waals surface area contributed by atoms with E-state index in [4.69, 9.17) is 4.74 Å². The molecule has 1 aliphatic heterocycles. The van der Waals surface area contributed by atoms with Crippen molar-refractivity contribution in [2.45, 2.75) is 13.0 Å². The Morgan fingerprint density at radius 3 is 2.90 bits per heavy atom. The summed E-state index contributed by atoms with van der Waals surface area (Å²) in [5.41, 5.74) is 1.01. The Hall–Kier alpha value is -1.76. The second-order valence-corrected chi connectivity index (χ2v) is 5.03. The third-order valence-corrected chi connectivity index (χ3v) is 3.49. The van der Waals surface area contributed by atoms with Gasteiger partial charge in [-0.1, -0.05) is 12.1 Å². The molecule has 0 bridgehead atoms. The van der Waals surface area contributed by atoms with Gasteiger partial charge in [-0.2, -0.15) is 0 Å². The van der Waals surface area contributed by atoms with Crippen LogP contribution in [0.5, 0.6) is 0 Å². The Morgan fingerprint density at radius 2 is 2.19 bits per heavy atom. The molecule has 0 saturated carbocycles. The molecule has 0 aliphatic carbocycles. The first-order valence-electron chi connectivity index (χ1n) is 6.94. The van der Waals surface area contributed by atoms with E-state index >= 15 is 0 Å². The van der Waals surface area contributed by atoms with E-state index in [0.717, 1.165) is 0 Å². The molecule has 1 atom stereocenters. The summed E-state index contributed by atoms with van der Waals surface area (Å²) in [6.45, 7) is 3.17. The van der Waals surface area contributed by atoms with Crippen LogP contribution in [0.4, 0.5) is 5.69 Å². The molecule has 1 saturated heterocycles. The van der Waals surface area contributed by atoms with Gasteiger partial charge in [-0.05, 0) is 19.1 Å². The number of ketones is 1. The molecular formula is C15H20N2O4. The van der Waals surface area contributed by atoms with Crippen molar-refractivity contribution in [1.29, 1.82) is 0 Å². The summed E-state index contributed by atoms with van der Waals surface area (Å²) >= 11 is 0. The van der Waals surface area contributed by atoms with E-state index < -0.39 is 0 Å². The monoisotopic (exact) mass is 292 g/mol. The molecule has 6 nitrogen and oxygen atoms in total. The first-order chi connectivity index (χ1) is 10.1. The topological polar surface area (TPSA) is 78.9 Å². The number of para-hydroxylation sites is 1. The van der Waals surface area contributed by atoms with Gasteiger partial charge in [0.1, 0.15) is 0 Å². The summed E-state index contributed by atoms with van der Waals surface area (Å²) < 4.78 is 5.28. The highest BCUT2D eigenvalue weighted by molar-refractivity contribution is 6.04. The largest absolute Gasteiger partial charge is 0.395 e. The van der Waals surface area contributed by atoms with Crippen molar-refractivity contribution in [2.24, 2.45) is 0 Å². The highest BCUT2D eigenvalue weighted by Gasteiger charge is 2.24. The third kappa shape index (κ3) is 4.10. The second-order valence-electron chi connectivity index (χ2n) is 5.03. The third-order valence-electron chi connectivity index (χ3n) is 3.49. The van der Waals surface area contributed by atoms with Crippen molar-refractivity contribution < 1.29 is 19.4 Å². The molecule has 2 rings (SSSR count). The molecule has 1 unspecified atom stereocenters. The van der Waals surface area contributed by atoms with Crippen molar-refractivity contribution in [3.05, 3.63) is 29.8 Å². The van der Waals surface area contributed by atoms with Crippen molar-refractivity contribution in [3.8, 4) is 0 Å². The minimum atomic E-state index is -0.205. The van der Waals surface area contributed by atoms with Gasteiger partial charge in [-0.3, -0.25) is 14.5 Å². The summed E-state index contributed by atoms with van der Waals surface area (Å²) in [6, 6.07) is 6.76. The van der Waals surface area contributed by atoms with Crippen LogP contribution >= 0.6 is 0 Å². The number of aliphatic hydroxyl groups excluding tert-OH is 1. The van der Waals surface area contributed by atoms with Crippen molar-refractivity contribution in [3.63, 3.8) is 0 Å². The number of carbonyl (C=O) groups is 2. The van der Waals surface area contributed by atoms with E-state index in [1.807, 2.05) is 4.90 Å². The lowest BCUT2D eigenvalue weighted by Crippen LogP contribution is -2.50. The quantitative estimate of drug-likeness (QED) is 0.774. The summed E-state index contributed by atoms with van der Waals surface area (Å²) in [4.78, 5) is 25.5. The fourth-order valence-corrected chi connectivity index (χ4v) is 2.34. The van der Waals surface area contributed by atoms with E-state index in [1.165, 1.54) is 6.92 Å². The Morgan fingerprint density at radius 1 is 1.43 bits per heavy atom. The maximum atomic E-state index is 12.1. The van der Waals surface area contributed by atoms with Crippen LogP contribution in [0.1, 0.15) is 17.3 Å². The lowest BCUT2D eigenvalue weighted by atomic mass is 10.1. The summed E-state index contributed by atoms with van der Waals surface area (Å²) in [7, 11) is 0. The molecule has 6 heteroatoms. The molecule has 0 aromatic heterocycles. The standard InChI is InChI=1S/C15H20N2O4/c1-11(19)13-4-2-3-5-14(13)16-15(20)8-17-6-7-21-10-12(17)9-18/h2-5,12,18H,6-10H2,1H3,(H,16,20). The van der Waals surface area contributed by atoms with Gasteiger partial charge in [-0.15, -0.1) is 0 Å². The molecule has 1 aromatic rings. The number of nitrogens with one attached hydrogen (secondary N) is 1. The van der Waals surface area contributed by atoms with Crippen LogP contribution in [0.2, 0.25) is 0 Å². The molecule has 0 radical (unpaired) electrons. The number of rotatable bonds is 5. The average Bonchev–Trinajstić information content (AvgIpc) is 2.48. The second kappa shape index (κ2) is 7.31. The number of hydrogen-bond acceptors (Lipinski definition) is 5.